The van der Waals surface area contributed by atoms with Crippen molar-refractivity contribution in [2.24, 2.45) is 0 Å². The van der Waals surface area contributed by atoms with Crippen LogP contribution in [0.4, 0.5) is 0 Å². The van der Waals surface area contributed by atoms with Crippen molar-refractivity contribution in [3.63, 3.8) is 0 Å². The summed E-state index contributed by atoms with van der Waals surface area (Å²) >= 11 is 3.43. The van der Waals surface area contributed by atoms with E-state index in [1.807, 2.05) is 56.3 Å². The molecule has 0 fully saturated rings. The van der Waals surface area contributed by atoms with Gasteiger partial charge >= 0.3 is 0 Å². The van der Waals surface area contributed by atoms with Gasteiger partial charge in [-0.05, 0) is 48.2 Å². The van der Waals surface area contributed by atoms with Crippen LogP contribution in [0.2, 0.25) is 0 Å². The largest absolute Gasteiger partial charge is 0.384 e. The minimum atomic E-state index is -0.552. The Kier molecular flexibility index (Phi) is 3.65. The standard InChI is InChI=1S/C15H15BrO/c1-10-5-3-4-6-13(10)15(17)14-8-7-12(16)9-11(14)2/h3-9,15,17H,1-2H3. The van der Waals surface area contributed by atoms with Gasteiger partial charge in [0.05, 0.1) is 0 Å². The molecule has 1 nitrogen and oxygen atoms in total. The van der Waals surface area contributed by atoms with E-state index in [0.29, 0.717) is 0 Å². The molecule has 1 N–H and O–H groups in total. The summed E-state index contributed by atoms with van der Waals surface area (Å²) in [5.74, 6) is 0. The van der Waals surface area contributed by atoms with Gasteiger partial charge in [-0.2, -0.15) is 0 Å². The number of hydrogen-bond acceptors (Lipinski definition) is 1. The van der Waals surface area contributed by atoms with E-state index in [2.05, 4.69) is 15.9 Å². The molecule has 0 saturated heterocycles. The second kappa shape index (κ2) is 5.03. The fraction of sp³-hybridized carbons (Fsp3) is 0.200. The maximum Gasteiger partial charge on any atom is 0.105 e. The van der Waals surface area contributed by atoms with Gasteiger partial charge in [-0.1, -0.05) is 46.3 Å². The normalized spacial score (nSPS) is 12.5. The van der Waals surface area contributed by atoms with Crippen LogP contribution in [-0.2, 0) is 0 Å². The Labute approximate surface area is 110 Å². The predicted octanol–water partition coefficient (Wildman–Crippen LogP) is 4.15. The number of aliphatic hydroxyl groups is 1. The molecule has 2 aromatic carbocycles. The Morgan fingerprint density at radius 2 is 1.59 bits per heavy atom. The Morgan fingerprint density at radius 3 is 2.24 bits per heavy atom. The van der Waals surface area contributed by atoms with Gasteiger partial charge in [-0.3, -0.25) is 0 Å². The molecular weight excluding hydrogens is 276 g/mol. The predicted molar refractivity (Wildman–Crippen MR) is 74.1 cm³/mol. The molecule has 0 aliphatic heterocycles. The zero-order valence-corrected chi connectivity index (χ0v) is 11.5. The Balaban J connectivity index is 2.44. The first-order valence-electron chi connectivity index (χ1n) is 5.59. The highest BCUT2D eigenvalue weighted by atomic mass is 79.9. The van der Waals surface area contributed by atoms with Crippen LogP contribution >= 0.6 is 15.9 Å². The summed E-state index contributed by atoms with van der Waals surface area (Å²) in [6.07, 6.45) is -0.552. The van der Waals surface area contributed by atoms with E-state index in [9.17, 15) is 5.11 Å². The summed E-state index contributed by atoms with van der Waals surface area (Å²) in [5, 5.41) is 10.4. The molecule has 2 aromatic rings. The van der Waals surface area contributed by atoms with Crippen molar-refractivity contribution in [3.8, 4) is 0 Å². The molecule has 0 heterocycles. The fourth-order valence-corrected chi connectivity index (χ4v) is 2.48. The highest BCUT2D eigenvalue weighted by Gasteiger charge is 2.14. The van der Waals surface area contributed by atoms with Crippen LogP contribution < -0.4 is 0 Å². The molecule has 0 radical (unpaired) electrons. The van der Waals surface area contributed by atoms with Gasteiger partial charge in [-0.25, -0.2) is 0 Å². The van der Waals surface area contributed by atoms with Crippen LogP contribution in [0.5, 0.6) is 0 Å². The average Bonchev–Trinajstić information content (AvgIpc) is 2.29. The summed E-state index contributed by atoms with van der Waals surface area (Å²) in [6.45, 7) is 4.04. The lowest BCUT2D eigenvalue weighted by Crippen LogP contribution is -2.03. The van der Waals surface area contributed by atoms with E-state index < -0.39 is 6.10 Å². The number of benzene rings is 2. The molecule has 0 amide bonds. The third-order valence-electron chi connectivity index (χ3n) is 3.01. The van der Waals surface area contributed by atoms with Crippen molar-refractivity contribution in [2.45, 2.75) is 20.0 Å². The van der Waals surface area contributed by atoms with Crippen molar-refractivity contribution in [3.05, 3.63) is 69.2 Å². The second-order valence-corrected chi connectivity index (χ2v) is 5.18. The van der Waals surface area contributed by atoms with E-state index in [-0.39, 0.29) is 0 Å². The van der Waals surface area contributed by atoms with Crippen molar-refractivity contribution < 1.29 is 5.11 Å². The van der Waals surface area contributed by atoms with Crippen molar-refractivity contribution in [2.75, 3.05) is 0 Å². The molecule has 0 spiro atoms. The Morgan fingerprint density at radius 1 is 0.941 bits per heavy atom. The maximum absolute atomic E-state index is 10.4. The molecule has 0 bridgehead atoms. The molecular formula is C15H15BrO. The van der Waals surface area contributed by atoms with Crippen LogP contribution in [0.1, 0.15) is 28.4 Å². The van der Waals surface area contributed by atoms with Gasteiger partial charge in [0.1, 0.15) is 6.10 Å². The molecule has 88 valence electrons. The zero-order valence-electron chi connectivity index (χ0n) is 9.94. The number of aliphatic hydroxyl groups excluding tert-OH is 1. The SMILES string of the molecule is Cc1ccccc1C(O)c1ccc(Br)cc1C. The average molecular weight is 291 g/mol. The monoisotopic (exact) mass is 290 g/mol. The smallest absolute Gasteiger partial charge is 0.105 e. The third-order valence-corrected chi connectivity index (χ3v) is 3.50. The van der Waals surface area contributed by atoms with Gasteiger partial charge in [0.15, 0.2) is 0 Å². The Hall–Kier alpha value is -1.12. The quantitative estimate of drug-likeness (QED) is 0.881. The minimum absolute atomic E-state index is 0.552. The van der Waals surface area contributed by atoms with E-state index in [0.717, 1.165) is 26.7 Å². The first-order chi connectivity index (χ1) is 8.09. The van der Waals surface area contributed by atoms with Crippen LogP contribution in [0.25, 0.3) is 0 Å². The van der Waals surface area contributed by atoms with E-state index in [1.165, 1.54) is 0 Å². The second-order valence-electron chi connectivity index (χ2n) is 4.26. The van der Waals surface area contributed by atoms with Crippen molar-refractivity contribution in [1.82, 2.24) is 0 Å². The summed E-state index contributed by atoms with van der Waals surface area (Å²) in [6, 6.07) is 13.9. The number of rotatable bonds is 2. The van der Waals surface area contributed by atoms with Crippen molar-refractivity contribution >= 4 is 15.9 Å². The summed E-state index contributed by atoms with van der Waals surface area (Å²) in [5.41, 5.74) is 4.14. The first kappa shape index (κ1) is 12.3. The molecule has 2 heteroatoms. The lowest BCUT2D eigenvalue weighted by atomic mass is 9.95. The van der Waals surface area contributed by atoms with Gasteiger partial charge in [0.25, 0.3) is 0 Å². The number of halogens is 1. The summed E-state index contributed by atoms with van der Waals surface area (Å²) in [7, 11) is 0. The van der Waals surface area contributed by atoms with Gasteiger partial charge in [-0.15, -0.1) is 0 Å². The topological polar surface area (TPSA) is 20.2 Å². The minimum Gasteiger partial charge on any atom is -0.384 e. The zero-order chi connectivity index (χ0) is 12.4. The van der Waals surface area contributed by atoms with E-state index in [1.54, 1.807) is 0 Å². The van der Waals surface area contributed by atoms with E-state index in [4.69, 9.17) is 0 Å². The molecule has 17 heavy (non-hydrogen) atoms. The van der Waals surface area contributed by atoms with Crippen molar-refractivity contribution in [1.29, 1.82) is 0 Å². The van der Waals surface area contributed by atoms with E-state index >= 15 is 0 Å². The number of hydrogen-bond donors (Lipinski definition) is 1. The lowest BCUT2D eigenvalue weighted by Gasteiger charge is -2.16. The third kappa shape index (κ3) is 2.59. The van der Waals surface area contributed by atoms with Crippen LogP contribution in [0, 0.1) is 13.8 Å². The highest BCUT2D eigenvalue weighted by molar-refractivity contribution is 9.10. The van der Waals surface area contributed by atoms with Crippen LogP contribution in [0.15, 0.2) is 46.9 Å². The molecule has 2 rings (SSSR count). The van der Waals surface area contributed by atoms with Gasteiger partial charge < -0.3 is 5.11 Å². The van der Waals surface area contributed by atoms with Gasteiger partial charge in [0.2, 0.25) is 0 Å². The number of aryl methyl sites for hydroxylation is 2. The summed E-state index contributed by atoms with van der Waals surface area (Å²) in [4.78, 5) is 0. The van der Waals surface area contributed by atoms with Gasteiger partial charge in [0, 0.05) is 4.47 Å². The molecule has 1 atom stereocenters. The Bertz CT molecular complexity index is 534. The molecule has 0 saturated carbocycles. The van der Waals surface area contributed by atoms with Crippen LogP contribution in [-0.4, -0.2) is 5.11 Å². The lowest BCUT2D eigenvalue weighted by molar-refractivity contribution is 0.219. The molecule has 0 aliphatic rings. The summed E-state index contributed by atoms with van der Waals surface area (Å²) < 4.78 is 1.04. The highest BCUT2D eigenvalue weighted by Crippen LogP contribution is 2.28. The molecule has 0 aliphatic carbocycles. The molecule has 1 unspecified atom stereocenters. The maximum atomic E-state index is 10.4. The fourth-order valence-electron chi connectivity index (χ4n) is 2.01. The first-order valence-corrected chi connectivity index (χ1v) is 6.38. The molecule has 0 aromatic heterocycles. The van der Waals surface area contributed by atoms with Crippen LogP contribution in [0.3, 0.4) is 0 Å².